The monoisotopic (exact) mass is 691 g/mol. The van der Waals surface area contributed by atoms with E-state index in [-0.39, 0.29) is 24.7 Å². The summed E-state index contributed by atoms with van der Waals surface area (Å²) in [6.07, 6.45) is 14.8. The molecule has 1 saturated heterocycles. The third-order valence-corrected chi connectivity index (χ3v) is 9.40. The number of dihydropyridines is 1. The molecule has 1 saturated carbocycles. The molecule has 2 atom stereocenters. The fourth-order valence-corrected chi connectivity index (χ4v) is 6.53. The number of nitrogens with one attached hydrogen (secondary N) is 3. The molecular formula is C39H53N3O6S. The lowest BCUT2D eigenvalue weighted by Crippen LogP contribution is -2.43. The van der Waals surface area contributed by atoms with Crippen LogP contribution in [0.15, 0.2) is 71.3 Å². The number of methoxy groups -OCH3 is 2. The molecule has 2 aromatic rings. The average molecular weight is 692 g/mol. The second-order valence-corrected chi connectivity index (χ2v) is 13.5. The number of rotatable bonds is 14. The molecule has 2 aliphatic heterocycles. The Morgan fingerprint density at radius 1 is 1.06 bits per heavy atom. The lowest BCUT2D eigenvalue weighted by Gasteiger charge is -2.23. The van der Waals surface area contributed by atoms with Crippen molar-refractivity contribution < 1.29 is 28.5 Å². The van der Waals surface area contributed by atoms with E-state index in [1.165, 1.54) is 24.6 Å². The highest BCUT2D eigenvalue weighted by Gasteiger charge is 2.21. The number of allylic oxidation sites excluding steroid dienone is 3. The largest absolute Gasteiger partial charge is 0.493 e. The maximum atomic E-state index is 11.1. The number of amides is 1. The number of benzene rings is 2. The van der Waals surface area contributed by atoms with Gasteiger partial charge in [-0.2, -0.15) is 0 Å². The Bertz CT molecular complexity index is 1470. The first-order valence-electron chi connectivity index (χ1n) is 17.3. The van der Waals surface area contributed by atoms with E-state index >= 15 is 0 Å². The molecule has 2 heterocycles. The van der Waals surface area contributed by atoms with Crippen molar-refractivity contribution in [2.24, 2.45) is 0 Å². The van der Waals surface area contributed by atoms with Crippen molar-refractivity contribution in [2.45, 2.75) is 90.4 Å². The number of hydrogen-bond donors (Lipinski definition) is 3. The summed E-state index contributed by atoms with van der Waals surface area (Å²) >= 11 is 1.46. The van der Waals surface area contributed by atoms with Crippen molar-refractivity contribution in [3.63, 3.8) is 0 Å². The summed E-state index contributed by atoms with van der Waals surface area (Å²) in [4.78, 5) is 11.1. The van der Waals surface area contributed by atoms with Crippen LogP contribution in [0.3, 0.4) is 0 Å². The highest BCUT2D eigenvalue weighted by atomic mass is 32.2. The van der Waals surface area contributed by atoms with Crippen molar-refractivity contribution in [1.82, 2.24) is 10.6 Å². The van der Waals surface area contributed by atoms with E-state index in [1.54, 1.807) is 14.2 Å². The summed E-state index contributed by atoms with van der Waals surface area (Å²) in [7, 11) is 3.32. The number of thioether (sulfide) groups is 1. The van der Waals surface area contributed by atoms with Crippen molar-refractivity contribution >= 4 is 22.7 Å². The van der Waals surface area contributed by atoms with Gasteiger partial charge in [0.15, 0.2) is 23.0 Å². The number of hydrogen-bond acceptors (Lipinski definition) is 9. The Balaban J connectivity index is 0.000000225. The summed E-state index contributed by atoms with van der Waals surface area (Å²) in [6.45, 7) is 7.87. The maximum Gasteiger partial charge on any atom is 0.246 e. The molecule has 1 aliphatic carbocycles. The second kappa shape index (κ2) is 19.9. The van der Waals surface area contributed by atoms with Gasteiger partial charge in [-0.25, -0.2) is 0 Å². The van der Waals surface area contributed by atoms with Gasteiger partial charge in [0.2, 0.25) is 5.91 Å². The molecule has 5 rings (SSSR count). The SMILES string of the molecule is CCCC(C)Oc1cc(CC(=N)S/C=C(\C)C2=CNCC=C2)ccc1OC.COc1ccc(CC2CNC(=O)CO2)cc1OC1CCCC1. The van der Waals surface area contributed by atoms with Gasteiger partial charge in [0.1, 0.15) is 6.61 Å². The first-order chi connectivity index (χ1) is 23.8. The zero-order valence-electron chi connectivity index (χ0n) is 29.6. The van der Waals surface area contributed by atoms with Crippen LogP contribution in [0.25, 0.3) is 0 Å². The molecule has 2 fully saturated rings. The van der Waals surface area contributed by atoms with Gasteiger partial charge in [0, 0.05) is 32.1 Å². The zero-order chi connectivity index (χ0) is 35.0. The predicted octanol–water partition coefficient (Wildman–Crippen LogP) is 7.54. The summed E-state index contributed by atoms with van der Waals surface area (Å²) < 4.78 is 28.5. The van der Waals surface area contributed by atoms with Gasteiger partial charge in [-0.15, -0.1) is 0 Å². The lowest BCUT2D eigenvalue weighted by atomic mass is 10.1. The quantitative estimate of drug-likeness (QED) is 0.138. The Labute approximate surface area is 296 Å². The van der Waals surface area contributed by atoms with E-state index in [1.807, 2.05) is 48.0 Å². The van der Waals surface area contributed by atoms with E-state index in [9.17, 15) is 4.79 Å². The van der Waals surface area contributed by atoms with E-state index in [0.717, 1.165) is 83.9 Å². The fourth-order valence-electron chi connectivity index (χ4n) is 5.83. The van der Waals surface area contributed by atoms with Crippen LogP contribution in [0.5, 0.6) is 23.0 Å². The van der Waals surface area contributed by atoms with Gasteiger partial charge in [0.05, 0.1) is 37.6 Å². The fraction of sp³-hybridized carbons (Fsp3) is 0.487. The standard InChI is InChI=1S/C22H30N2O2S.C17H23NO4/c1-5-7-17(3)26-21-12-18(9-10-20(21)25-4)13-22(23)27-15-16(2)19-8-6-11-24-14-19;1-20-15-7-6-12(8-14-10-18-17(19)11-21-14)9-16(15)22-13-4-2-3-5-13/h6,8-10,12,14-15,17,23-24H,5,7,11,13H2,1-4H3;6-7,9,13-14H,2-5,8,10-11H2,1H3,(H,18,19)/b16-15+,23-22?;. The summed E-state index contributed by atoms with van der Waals surface area (Å²) in [5, 5.41) is 17.0. The smallest absolute Gasteiger partial charge is 0.246 e. The maximum absolute atomic E-state index is 11.1. The van der Waals surface area contributed by atoms with Crippen LogP contribution in [-0.4, -0.2) is 63.2 Å². The molecule has 1 amide bonds. The van der Waals surface area contributed by atoms with E-state index < -0.39 is 0 Å². The van der Waals surface area contributed by atoms with Crippen LogP contribution < -0.4 is 29.6 Å². The van der Waals surface area contributed by atoms with Gasteiger partial charge in [-0.1, -0.05) is 49.4 Å². The van der Waals surface area contributed by atoms with Crippen LogP contribution in [0, 0.1) is 5.41 Å². The minimum Gasteiger partial charge on any atom is -0.493 e. The summed E-state index contributed by atoms with van der Waals surface area (Å²) in [5.41, 5.74) is 4.50. The van der Waals surface area contributed by atoms with Crippen LogP contribution >= 0.6 is 11.8 Å². The molecule has 9 nitrogen and oxygen atoms in total. The van der Waals surface area contributed by atoms with Crippen molar-refractivity contribution in [3.05, 3.63) is 82.4 Å². The minimum absolute atomic E-state index is 0.0189. The highest BCUT2D eigenvalue weighted by molar-refractivity contribution is 8.16. The van der Waals surface area contributed by atoms with Gasteiger partial charge in [0.25, 0.3) is 0 Å². The number of carbonyl (C=O) groups excluding carboxylic acids is 1. The average Bonchev–Trinajstić information content (AvgIpc) is 3.62. The van der Waals surface area contributed by atoms with Gasteiger partial charge < -0.3 is 34.3 Å². The third kappa shape index (κ3) is 12.5. The highest BCUT2D eigenvalue weighted by Crippen LogP contribution is 2.33. The molecule has 2 unspecified atom stereocenters. The molecule has 266 valence electrons. The molecule has 0 radical (unpaired) electrons. The van der Waals surface area contributed by atoms with Crippen molar-refractivity contribution in [2.75, 3.05) is 33.9 Å². The molecule has 49 heavy (non-hydrogen) atoms. The number of morpholine rings is 1. The third-order valence-electron chi connectivity index (χ3n) is 8.50. The molecule has 0 aromatic heterocycles. The first kappa shape index (κ1) is 37.9. The Morgan fingerprint density at radius 2 is 1.78 bits per heavy atom. The van der Waals surface area contributed by atoms with Crippen molar-refractivity contribution in [3.8, 4) is 23.0 Å². The molecule has 2 aromatic carbocycles. The molecule has 0 bridgehead atoms. The topological polar surface area (TPSA) is 111 Å². The lowest BCUT2D eigenvalue weighted by molar-refractivity contribution is -0.133. The Kier molecular flexibility index (Phi) is 15.4. The first-order valence-corrected chi connectivity index (χ1v) is 18.2. The van der Waals surface area contributed by atoms with Gasteiger partial charge in [-0.3, -0.25) is 10.2 Å². The van der Waals surface area contributed by atoms with E-state index in [0.29, 0.717) is 24.1 Å². The Hall–Kier alpha value is -3.89. The molecule has 3 aliphatic rings. The van der Waals surface area contributed by atoms with Crippen LogP contribution in [0.4, 0.5) is 0 Å². The normalized spacial score (nSPS) is 18.3. The summed E-state index contributed by atoms with van der Waals surface area (Å²) in [5.74, 6) is 3.03. The van der Waals surface area contributed by atoms with Crippen LogP contribution in [0.2, 0.25) is 0 Å². The summed E-state index contributed by atoms with van der Waals surface area (Å²) in [6, 6.07) is 11.9. The van der Waals surface area contributed by atoms with E-state index in [2.05, 4.69) is 43.6 Å². The molecule has 3 N–H and O–H groups in total. The molecule has 10 heteroatoms. The number of ether oxygens (including phenoxy) is 5. The Morgan fingerprint density at radius 3 is 2.43 bits per heavy atom. The minimum atomic E-state index is -0.0452. The second-order valence-electron chi connectivity index (χ2n) is 12.6. The molecular weight excluding hydrogens is 639 g/mol. The van der Waals surface area contributed by atoms with Crippen LogP contribution in [0.1, 0.15) is 70.4 Å². The van der Waals surface area contributed by atoms with Crippen molar-refractivity contribution in [1.29, 1.82) is 5.41 Å². The molecule has 0 spiro atoms. The predicted molar refractivity (Wildman–Crippen MR) is 198 cm³/mol. The number of carbonyl (C=O) groups is 1. The van der Waals surface area contributed by atoms with Gasteiger partial charge in [-0.05, 0) is 97.9 Å². The van der Waals surface area contributed by atoms with Crippen LogP contribution in [-0.2, 0) is 22.4 Å². The van der Waals surface area contributed by atoms with Gasteiger partial charge >= 0.3 is 0 Å². The van der Waals surface area contributed by atoms with E-state index in [4.69, 9.17) is 29.1 Å². The zero-order valence-corrected chi connectivity index (χ0v) is 30.5.